The molecule has 41 heavy (non-hydrogen) atoms. The average Bonchev–Trinajstić information content (AvgIpc) is 3.36. The molecule has 0 aliphatic carbocycles. The number of methoxy groups -OCH3 is 1. The fraction of sp³-hybridized carbons (Fsp3) is 0.357. The van der Waals surface area contributed by atoms with Crippen LogP contribution in [0, 0.1) is 5.82 Å². The first-order chi connectivity index (χ1) is 19.5. The molecule has 218 valence electrons. The van der Waals surface area contributed by atoms with Crippen LogP contribution in [0.25, 0.3) is 16.8 Å². The van der Waals surface area contributed by atoms with Gasteiger partial charge in [0.1, 0.15) is 11.6 Å². The molecule has 2 aromatic carbocycles. The summed E-state index contributed by atoms with van der Waals surface area (Å²) in [4.78, 5) is 8.52. The highest BCUT2D eigenvalue weighted by molar-refractivity contribution is 7.92. The molecule has 1 atom stereocenters. The zero-order valence-corrected chi connectivity index (χ0v) is 24.3. The van der Waals surface area contributed by atoms with Crippen molar-refractivity contribution >= 4 is 38.6 Å². The number of aliphatic hydroxyl groups excluding tert-OH is 1. The van der Waals surface area contributed by atoms with Gasteiger partial charge in [-0.2, -0.15) is 0 Å². The van der Waals surface area contributed by atoms with Gasteiger partial charge >= 0.3 is 0 Å². The van der Waals surface area contributed by atoms with Crippen LogP contribution >= 0.6 is 0 Å². The normalized spacial score (nSPS) is 15.2. The third-order valence-corrected chi connectivity index (χ3v) is 8.36. The highest BCUT2D eigenvalue weighted by Crippen LogP contribution is 2.35. The minimum Gasteiger partial charge on any atom is -0.494 e. The van der Waals surface area contributed by atoms with E-state index < -0.39 is 21.9 Å². The van der Waals surface area contributed by atoms with Crippen LogP contribution in [0.3, 0.4) is 0 Å². The summed E-state index contributed by atoms with van der Waals surface area (Å²) >= 11 is 0. The molecule has 2 aromatic heterocycles. The van der Waals surface area contributed by atoms with E-state index in [0.717, 1.165) is 19.3 Å². The summed E-state index contributed by atoms with van der Waals surface area (Å²) in [5.41, 5.74) is 3.36. The van der Waals surface area contributed by atoms with Gasteiger partial charge in [-0.05, 0) is 25.1 Å². The van der Waals surface area contributed by atoms with Crippen LogP contribution in [0.2, 0.25) is 0 Å². The Balaban J connectivity index is 1.43. The molecule has 1 aliphatic rings. The van der Waals surface area contributed by atoms with Crippen LogP contribution in [0.5, 0.6) is 5.75 Å². The Morgan fingerprint density at radius 1 is 1.15 bits per heavy atom. The smallest absolute Gasteiger partial charge is 0.245 e. The Morgan fingerprint density at radius 3 is 2.56 bits per heavy atom. The van der Waals surface area contributed by atoms with Crippen LogP contribution in [0.15, 0.2) is 54.7 Å². The van der Waals surface area contributed by atoms with Crippen molar-refractivity contribution in [1.82, 2.24) is 19.5 Å². The van der Waals surface area contributed by atoms with E-state index in [1.807, 2.05) is 29.2 Å². The number of β-amino-alcohol motifs (C(OH)–C–C–N with tert-alkyl or cyclic N) is 1. The van der Waals surface area contributed by atoms with E-state index in [1.165, 1.54) is 24.5 Å². The van der Waals surface area contributed by atoms with Gasteiger partial charge in [0.2, 0.25) is 16.0 Å². The lowest BCUT2D eigenvalue weighted by molar-refractivity contribution is 0.122. The maximum Gasteiger partial charge on any atom is 0.245 e. The van der Waals surface area contributed by atoms with E-state index in [9.17, 15) is 13.5 Å². The summed E-state index contributed by atoms with van der Waals surface area (Å²) < 4.78 is 48.4. The number of anilines is 4. The number of ether oxygens (including phenoxy) is 1. The van der Waals surface area contributed by atoms with E-state index in [-0.39, 0.29) is 5.95 Å². The second kappa shape index (κ2) is 11.5. The van der Waals surface area contributed by atoms with Crippen LogP contribution in [0.4, 0.5) is 27.4 Å². The summed E-state index contributed by atoms with van der Waals surface area (Å²) in [5, 5.41) is 17.4. The van der Waals surface area contributed by atoms with Gasteiger partial charge in [0.15, 0.2) is 0 Å². The van der Waals surface area contributed by atoms with Crippen molar-refractivity contribution in [3.05, 3.63) is 60.5 Å². The first-order valence-corrected chi connectivity index (χ1v) is 15.1. The molecular formula is C28H34FN7O4S. The molecule has 0 bridgehead atoms. The van der Waals surface area contributed by atoms with Gasteiger partial charge in [-0.25, -0.2) is 22.3 Å². The standard InChI is InChI=1S/C28H34FN7O4S/c1-19(37)18-34-11-13-35(14-12-34)26-16-27(40-3)23(15-22(26)29)31-28-30-17-20-9-10-25(36(20)32-28)21-7-5-6-8-24(21)33(2)41(4,38)39/h5-10,15-17,19,37H,11-14,18H2,1-4H3,(H,31,32). The van der Waals surface area contributed by atoms with Crippen molar-refractivity contribution in [2.24, 2.45) is 0 Å². The monoisotopic (exact) mass is 583 g/mol. The number of sulfonamides is 1. The predicted molar refractivity (Wildman–Crippen MR) is 158 cm³/mol. The van der Waals surface area contributed by atoms with Gasteiger partial charge in [-0.3, -0.25) is 9.21 Å². The largest absolute Gasteiger partial charge is 0.494 e. The lowest BCUT2D eigenvalue weighted by atomic mass is 10.1. The number of aliphatic hydroxyl groups is 1. The van der Waals surface area contributed by atoms with Crippen molar-refractivity contribution in [3.8, 4) is 17.0 Å². The van der Waals surface area contributed by atoms with E-state index in [0.29, 0.717) is 59.2 Å². The minimum atomic E-state index is -3.49. The fourth-order valence-corrected chi connectivity index (χ4v) is 5.54. The molecule has 11 nitrogen and oxygen atoms in total. The zero-order chi connectivity index (χ0) is 29.3. The first-order valence-electron chi connectivity index (χ1n) is 13.2. The number of benzene rings is 2. The number of para-hydroxylation sites is 1. The van der Waals surface area contributed by atoms with E-state index in [1.54, 1.807) is 35.8 Å². The van der Waals surface area contributed by atoms with Gasteiger partial charge in [-0.15, -0.1) is 5.10 Å². The summed E-state index contributed by atoms with van der Waals surface area (Å²) in [6.45, 7) is 5.07. The van der Waals surface area contributed by atoms with Gasteiger partial charge in [-0.1, -0.05) is 18.2 Å². The number of piperazine rings is 1. The number of hydrogen-bond donors (Lipinski definition) is 2. The van der Waals surface area contributed by atoms with Gasteiger partial charge < -0.3 is 20.1 Å². The highest BCUT2D eigenvalue weighted by Gasteiger charge is 2.23. The van der Waals surface area contributed by atoms with Gasteiger partial charge in [0.25, 0.3) is 0 Å². The Bertz CT molecular complexity index is 1650. The van der Waals surface area contributed by atoms with Crippen LogP contribution in [0.1, 0.15) is 6.92 Å². The topological polar surface area (TPSA) is 116 Å². The average molecular weight is 584 g/mol. The first kappa shape index (κ1) is 28.6. The number of halogens is 1. The molecule has 3 heterocycles. The highest BCUT2D eigenvalue weighted by atomic mass is 32.2. The third kappa shape index (κ3) is 6.06. The molecule has 1 aliphatic heterocycles. The number of nitrogens with zero attached hydrogens (tertiary/aromatic N) is 6. The van der Waals surface area contributed by atoms with Crippen molar-refractivity contribution < 1.29 is 22.7 Å². The summed E-state index contributed by atoms with van der Waals surface area (Å²) in [6.07, 6.45) is 2.38. The Labute approximate surface area is 238 Å². The fourth-order valence-electron chi connectivity index (χ4n) is 5.02. The minimum absolute atomic E-state index is 0.209. The van der Waals surface area contributed by atoms with Gasteiger partial charge in [0, 0.05) is 57.5 Å². The number of hydrogen-bond acceptors (Lipinski definition) is 9. The molecule has 2 N–H and O–H groups in total. The summed E-state index contributed by atoms with van der Waals surface area (Å²) in [6, 6.07) is 13.9. The molecular weight excluding hydrogens is 549 g/mol. The maximum absolute atomic E-state index is 15.4. The third-order valence-electron chi connectivity index (χ3n) is 7.17. The lowest BCUT2D eigenvalue weighted by Crippen LogP contribution is -2.48. The molecule has 13 heteroatoms. The van der Waals surface area contributed by atoms with Crippen LogP contribution < -0.4 is 19.3 Å². The number of rotatable bonds is 9. The Kier molecular flexibility index (Phi) is 8.02. The van der Waals surface area contributed by atoms with Gasteiger partial charge in [0.05, 0.1) is 53.9 Å². The van der Waals surface area contributed by atoms with Crippen LogP contribution in [-0.4, -0.2) is 92.3 Å². The van der Waals surface area contributed by atoms with Crippen molar-refractivity contribution in [2.45, 2.75) is 13.0 Å². The molecule has 1 fully saturated rings. The molecule has 4 aromatic rings. The quantitative estimate of drug-likeness (QED) is 0.307. The van der Waals surface area contributed by atoms with Crippen LogP contribution in [-0.2, 0) is 10.0 Å². The molecule has 0 spiro atoms. The van der Waals surface area contributed by atoms with Crippen molar-refractivity contribution in [2.75, 3.05) is 67.7 Å². The van der Waals surface area contributed by atoms with Crippen molar-refractivity contribution in [1.29, 1.82) is 0 Å². The SMILES string of the molecule is COc1cc(N2CCN(CC(C)O)CC2)c(F)cc1Nc1ncc2ccc(-c3ccccc3N(C)S(C)(=O)=O)n2n1. The summed E-state index contributed by atoms with van der Waals surface area (Å²) in [7, 11) is -0.463. The molecule has 0 amide bonds. The number of nitrogens with one attached hydrogen (secondary N) is 1. The number of fused-ring (bicyclic) bond motifs is 1. The second-order valence-electron chi connectivity index (χ2n) is 10.2. The van der Waals surface area contributed by atoms with E-state index in [2.05, 4.69) is 20.3 Å². The molecule has 1 saturated heterocycles. The molecule has 0 radical (unpaired) electrons. The zero-order valence-electron chi connectivity index (χ0n) is 23.5. The predicted octanol–water partition coefficient (Wildman–Crippen LogP) is 3.19. The van der Waals surface area contributed by atoms with Crippen molar-refractivity contribution in [3.63, 3.8) is 0 Å². The number of aromatic nitrogens is 3. The molecule has 0 saturated carbocycles. The Hall–Kier alpha value is -3.94. The molecule has 5 rings (SSSR count). The lowest BCUT2D eigenvalue weighted by Gasteiger charge is -2.36. The Morgan fingerprint density at radius 2 is 1.88 bits per heavy atom. The van der Waals surface area contributed by atoms with E-state index >= 15 is 4.39 Å². The molecule has 1 unspecified atom stereocenters. The maximum atomic E-state index is 15.4. The van der Waals surface area contributed by atoms with E-state index in [4.69, 9.17) is 4.74 Å². The summed E-state index contributed by atoms with van der Waals surface area (Å²) in [5.74, 6) is 0.239. The second-order valence-corrected chi connectivity index (χ2v) is 12.2.